The lowest BCUT2D eigenvalue weighted by Gasteiger charge is -2.35. The highest BCUT2D eigenvalue weighted by molar-refractivity contribution is 5.88. The summed E-state index contributed by atoms with van der Waals surface area (Å²) in [5.74, 6) is 0.977. The molecule has 1 fully saturated rings. The first kappa shape index (κ1) is 18.4. The highest BCUT2D eigenvalue weighted by Gasteiger charge is 2.41. The Morgan fingerprint density at radius 3 is 2.58 bits per heavy atom. The molecular formula is C17H27N3O4. The number of nitrogens with zero attached hydrogens (tertiary/aromatic N) is 2. The van der Waals surface area contributed by atoms with Crippen molar-refractivity contribution >= 4 is 11.9 Å². The van der Waals surface area contributed by atoms with Gasteiger partial charge in [0.1, 0.15) is 5.54 Å². The van der Waals surface area contributed by atoms with Crippen LogP contribution in [0.1, 0.15) is 76.4 Å². The van der Waals surface area contributed by atoms with Crippen LogP contribution in [0.2, 0.25) is 0 Å². The third-order valence-corrected chi connectivity index (χ3v) is 4.46. The van der Waals surface area contributed by atoms with E-state index in [4.69, 9.17) is 9.26 Å². The van der Waals surface area contributed by atoms with E-state index in [1.165, 1.54) is 7.11 Å². The van der Waals surface area contributed by atoms with Crippen molar-refractivity contribution in [1.82, 2.24) is 15.5 Å². The van der Waals surface area contributed by atoms with Crippen molar-refractivity contribution in [3.8, 4) is 0 Å². The molecule has 1 amide bonds. The van der Waals surface area contributed by atoms with E-state index in [0.717, 1.165) is 19.3 Å². The summed E-state index contributed by atoms with van der Waals surface area (Å²) in [6.07, 6.45) is 5.70. The highest BCUT2D eigenvalue weighted by atomic mass is 16.5. The largest absolute Gasteiger partial charge is 0.467 e. The van der Waals surface area contributed by atoms with Crippen LogP contribution in [0.4, 0.5) is 0 Å². The van der Waals surface area contributed by atoms with Crippen molar-refractivity contribution in [3.63, 3.8) is 0 Å². The third-order valence-electron chi connectivity index (χ3n) is 4.46. The first-order valence-electron chi connectivity index (χ1n) is 8.69. The average Bonchev–Trinajstić information content (AvgIpc) is 3.04. The summed E-state index contributed by atoms with van der Waals surface area (Å²) in [7, 11) is 1.37. The van der Waals surface area contributed by atoms with Crippen LogP contribution in [-0.2, 0) is 20.7 Å². The molecule has 1 N–H and O–H groups in total. The Labute approximate surface area is 142 Å². The van der Waals surface area contributed by atoms with Gasteiger partial charge in [-0.2, -0.15) is 4.98 Å². The molecule has 0 atom stereocenters. The van der Waals surface area contributed by atoms with Crippen molar-refractivity contribution in [2.24, 2.45) is 0 Å². The van der Waals surface area contributed by atoms with Crippen LogP contribution >= 0.6 is 0 Å². The molecule has 0 spiro atoms. The van der Waals surface area contributed by atoms with Gasteiger partial charge in [-0.05, 0) is 19.3 Å². The van der Waals surface area contributed by atoms with Crippen molar-refractivity contribution in [2.45, 2.75) is 76.7 Å². The molecule has 0 radical (unpaired) electrons. The Kier molecular flexibility index (Phi) is 6.34. The van der Waals surface area contributed by atoms with E-state index in [2.05, 4.69) is 15.5 Å². The van der Waals surface area contributed by atoms with Crippen molar-refractivity contribution in [3.05, 3.63) is 11.7 Å². The lowest BCUT2D eigenvalue weighted by Crippen LogP contribution is -2.56. The van der Waals surface area contributed by atoms with Crippen molar-refractivity contribution in [1.29, 1.82) is 0 Å². The number of aromatic nitrogens is 2. The zero-order valence-corrected chi connectivity index (χ0v) is 14.8. The second kappa shape index (κ2) is 8.26. The van der Waals surface area contributed by atoms with E-state index in [0.29, 0.717) is 43.8 Å². The van der Waals surface area contributed by atoms with E-state index in [9.17, 15) is 9.59 Å². The molecule has 1 aliphatic rings. The van der Waals surface area contributed by atoms with Gasteiger partial charge in [-0.25, -0.2) is 4.79 Å². The summed E-state index contributed by atoms with van der Waals surface area (Å²) >= 11 is 0. The first-order chi connectivity index (χ1) is 11.5. The van der Waals surface area contributed by atoms with Gasteiger partial charge in [-0.15, -0.1) is 0 Å². The van der Waals surface area contributed by atoms with E-state index in [1.54, 1.807) is 0 Å². The summed E-state index contributed by atoms with van der Waals surface area (Å²) < 4.78 is 10.1. The molecule has 7 heteroatoms. The van der Waals surface area contributed by atoms with Gasteiger partial charge >= 0.3 is 5.97 Å². The number of nitrogens with one attached hydrogen (secondary N) is 1. The topological polar surface area (TPSA) is 94.3 Å². The van der Waals surface area contributed by atoms with Crippen LogP contribution in [0.15, 0.2) is 4.52 Å². The summed E-state index contributed by atoms with van der Waals surface area (Å²) in [6.45, 7) is 4.00. The SMILES string of the molecule is COC(=O)C1(NC(=O)CCCc2nc(C(C)C)no2)CCCCC1. The van der Waals surface area contributed by atoms with Crippen LogP contribution in [-0.4, -0.2) is 34.7 Å². The fourth-order valence-corrected chi connectivity index (χ4v) is 3.06. The van der Waals surface area contributed by atoms with E-state index in [-0.39, 0.29) is 17.8 Å². The minimum absolute atomic E-state index is 0.133. The second-order valence-corrected chi connectivity index (χ2v) is 6.74. The van der Waals surface area contributed by atoms with E-state index < -0.39 is 5.54 Å². The highest BCUT2D eigenvalue weighted by Crippen LogP contribution is 2.29. The Balaban J connectivity index is 1.83. The number of carbonyl (C=O) groups is 2. The molecular weight excluding hydrogens is 310 g/mol. The fourth-order valence-electron chi connectivity index (χ4n) is 3.06. The molecule has 0 aromatic carbocycles. The van der Waals surface area contributed by atoms with Gasteiger partial charge in [-0.3, -0.25) is 4.79 Å². The smallest absolute Gasteiger partial charge is 0.331 e. The van der Waals surface area contributed by atoms with Crippen LogP contribution in [0.3, 0.4) is 0 Å². The zero-order valence-electron chi connectivity index (χ0n) is 14.8. The molecule has 1 aliphatic carbocycles. The molecule has 134 valence electrons. The second-order valence-electron chi connectivity index (χ2n) is 6.74. The fraction of sp³-hybridized carbons (Fsp3) is 0.765. The van der Waals surface area contributed by atoms with Crippen molar-refractivity contribution < 1.29 is 18.8 Å². The number of aryl methyl sites for hydroxylation is 1. The molecule has 1 aromatic heterocycles. The lowest BCUT2D eigenvalue weighted by atomic mass is 9.81. The molecule has 1 aromatic rings. The summed E-state index contributed by atoms with van der Waals surface area (Å²) in [5, 5.41) is 6.82. The number of hydrogen-bond acceptors (Lipinski definition) is 6. The molecule has 7 nitrogen and oxygen atoms in total. The average molecular weight is 337 g/mol. The number of methoxy groups -OCH3 is 1. The Bertz CT molecular complexity index is 562. The van der Waals surface area contributed by atoms with E-state index >= 15 is 0 Å². The number of carbonyl (C=O) groups excluding carboxylic acids is 2. The standard InChI is InChI=1S/C17H27N3O4/c1-12(2)15-18-14(24-20-15)9-7-8-13(21)19-17(16(22)23-3)10-5-4-6-11-17/h12H,4-11H2,1-3H3,(H,19,21). The minimum atomic E-state index is -0.848. The van der Waals surface area contributed by atoms with Gasteiger partial charge < -0.3 is 14.6 Å². The maximum Gasteiger partial charge on any atom is 0.331 e. The Morgan fingerprint density at radius 2 is 2.00 bits per heavy atom. The molecule has 1 saturated carbocycles. The minimum Gasteiger partial charge on any atom is -0.467 e. The zero-order chi connectivity index (χ0) is 17.6. The van der Waals surface area contributed by atoms with E-state index in [1.807, 2.05) is 13.8 Å². The van der Waals surface area contributed by atoms with Gasteiger partial charge in [0.2, 0.25) is 11.8 Å². The van der Waals surface area contributed by atoms with Crippen LogP contribution in [0.5, 0.6) is 0 Å². The Hall–Kier alpha value is -1.92. The lowest BCUT2D eigenvalue weighted by molar-refractivity contribution is -0.152. The van der Waals surface area contributed by atoms with Gasteiger partial charge in [0, 0.05) is 18.8 Å². The molecule has 1 heterocycles. The van der Waals surface area contributed by atoms with Crippen molar-refractivity contribution in [2.75, 3.05) is 7.11 Å². The molecule has 0 saturated heterocycles. The molecule has 24 heavy (non-hydrogen) atoms. The molecule has 2 rings (SSSR count). The molecule has 0 aliphatic heterocycles. The van der Waals surface area contributed by atoms with Crippen LogP contribution in [0.25, 0.3) is 0 Å². The summed E-state index contributed by atoms with van der Waals surface area (Å²) in [5.41, 5.74) is -0.848. The maximum atomic E-state index is 12.3. The predicted octanol–water partition coefficient (Wildman–Crippen LogP) is 2.51. The number of rotatable bonds is 7. The summed E-state index contributed by atoms with van der Waals surface area (Å²) in [4.78, 5) is 28.7. The van der Waals surface area contributed by atoms with Crippen LogP contribution in [0, 0.1) is 0 Å². The summed E-state index contributed by atoms with van der Waals surface area (Å²) in [6, 6.07) is 0. The van der Waals surface area contributed by atoms with Gasteiger partial charge in [0.05, 0.1) is 7.11 Å². The number of amides is 1. The number of esters is 1. The molecule has 0 unspecified atom stereocenters. The number of hydrogen-bond donors (Lipinski definition) is 1. The quantitative estimate of drug-likeness (QED) is 0.768. The monoisotopic (exact) mass is 337 g/mol. The van der Waals surface area contributed by atoms with Gasteiger partial charge in [0.15, 0.2) is 5.82 Å². The van der Waals surface area contributed by atoms with Gasteiger partial charge in [-0.1, -0.05) is 38.3 Å². The molecule has 0 bridgehead atoms. The van der Waals surface area contributed by atoms with Crippen LogP contribution < -0.4 is 5.32 Å². The number of ether oxygens (including phenoxy) is 1. The predicted molar refractivity (Wildman–Crippen MR) is 87.3 cm³/mol. The van der Waals surface area contributed by atoms with Gasteiger partial charge in [0.25, 0.3) is 0 Å². The Morgan fingerprint density at radius 1 is 1.29 bits per heavy atom. The third kappa shape index (κ3) is 4.55. The first-order valence-corrected chi connectivity index (χ1v) is 8.69. The normalized spacial score (nSPS) is 16.8. The maximum absolute atomic E-state index is 12.3.